The van der Waals surface area contributed by atoms with E-state index in [1.807, 2.05) is 6.92 Å². The first-order valence-corrected chi connectivity index (χ1v) is 6.84. The van der Waals surface area contributed by atoms with E-state index in [1.54, 1.807) is 6.08 Å². The van der Waals surface area contributed by atoms with Crippen LogP contribution in [0.4, 0.5) is 8.78 Å². The molecule has 0 saturated heterocycles. The summed E-state index contributed by atoms with van der Waals surface area (Å²) in [5, 5.41) is 9.20. The maximum absolute atomic E-state index is 13.7. The smallest absolute Gasteiger partial charge is 0.181 e. The highest BCUT2D eigenvalue weighted by atomic mass is 19.2. The lowest BCUT2D eigenvalue weighted by Gasteiger charge is -2.22. The quantitative estimate of drug-likeness (QED) is 0.744. The fraction of sp³-hybridized carbons (Fsp3) is 0.500. The molecular weight excluding hydrogens is 246 g/mol. The number of rotatable bonds is 2. The lowest BCUT2D eigenvalue weighted by atomic mass is 9.84. The Morgan fingerprint density at radius 3 is 2.63 bits per heavy atom. The summed E-state index contributed by atoms with van der Waals surface area (Å²) in [7, 11) is 0. The Labute approximate surface area is 113 Å². The van der Waals surface area contributed by atoms with Gasteiger partial charge < -0.3 is 5.11 Å². The van der Waals surface area contributed by atoms with Gasteiger partial charge in [0, 0.05) is 5.57 Å². The highest BCUT2D eigenvalue weighted by Crippen LogP contribution is 2.32. The van der Waals surface area contributed by atoms with Gasteiger partial charge in [0.1, 0.15) is 11.9 Å². The molecule has 1 fully saturated rings. The van der Waals surface area contributed by atoms with Gasteiger partial charge in [0.05, 0.1) is 0 Å². The van der Waals surface area contributed by atoms with Crippen LogP contribution in [0, 0.1) is 5.92 Å². The summed E-state index contributed by atoms with van der Waals surface area (Å²) in [6.45, 7) is 2.02. The van der Waals surface area contributed by atoms with E-state index >= 15 is 0 Å². The Morgan fingerprint density at radius 1 is 1.32 bits per heavy atom. The molecule has 2 unspecified atom stereocenters. The van der Waals surface area contributed by atoms with E-state index in [2.05, 4.69) is 12.2 Å². The topological polar surface area (TPSA) is 20.2 Å². The van der Waals surface area contributed by atoms with Crippen molar-refractivity contribution in [2.75, 3.05) is 0 Å². The molecule has 0 aromatic heterocycles. The largest absolute Gasteiger partial charge is 0.386 e. The van der Waals surface area contributed by atoms with E-state index < -0.39 is 18.1 Å². The van der Waals surface area contributed by atoms with Gasteiger partial charge in [0.2, 0.25) is 0 Å². The highest BCUT2D eigenvalue weighted by Gasteiger charge is 2.26. The van der Waals surface area contributed by atoms with Crippen LogP contribution >= 0.6 is 0 Å². The van der Waals surface area contributed by atoms with Crippen molar-refractivity contribution in [2.45, 2.75) is 44.9 Å². The zero-order valence-electron chi connectivity index (χ0n) is 11.2. The summed E-state index contributed by atoms with van der Waals surface area (Å²) in [5.41, 5.74) is 1.44. The Balaban J connectivity index is 2.05. The molecule has 3 heteroatoms. The zero-order chi connectivity index (χ0) is 13.8. The van der Waals surface area contributed by atoms with E-state index in [-0.39, 0.29) is 5.57 Å². The number of allylic oxidation sites excluding steroid dienone is 6. The number of hydrogen-bond donors (Lipinski definition) is 1. The Kier molecular flexibility index (Phi) is 4.70. The molecule has 1 N–H and O–H groups in total. The molecule has 0 radical (unpaired) electrons. The van der Waals surface area contributed by atoms with Gasteiger partial charge in [-0.25, -0.2) is 8.78 Å². The first-order valence-electron chi connectivity index (χ1n) is 6.84. The van der Waals surface area contributed by atoms with Crippen LogP contribution in [0.3, 0.4) is 0 Å². The standard InChI is InChI=1S/C16H20F2O/c1-2-3-11-4-6-12(7-5-11)10-13-8-9-14(19)16(18)15(13)17/h2-3,8-11,14,16,19H,4-7H2,1H3/b3-2+,12-10?. The second kappa shape index (κ2) is 6.29. The van der Waals surface area contributed by atoms with E-state index in [9.17, 15) is 13.9 Å². The number of halogens is 2. The number of aliphatic hydroxyl groups is 1. The maximum atomic E-state index is 13.7. The molecule has 104 valence electrons. The number of aliphatic hydroxyl groups excluding tert-OH is 1. The Bertz CT molecular complexity index is 436. The Hall–Kier alpha value is -1.22. The van der Waals surface area contributed by atoms with E-state index in [4.69, 9.17) is 0 Å². The average molecular weight is 266 g/mol. The van der Waals surface area contributed by atoms with Crippen LogP contribution in [0.25, 0.3) is 0 Å². The molecule has 1 saturated carbocycles. The van der Waals surface area contributed by atoms with Crippen molar-refractivity contribution in [1.29, 1.82) is 0 Å². The molecule has 2 atom stereocenters. The fourth-order valence-electron chi connectivity index (χ4n) is 2.65. The molecule has 0 bridgehead atoms. The molecule has 0 heterocycles. The molecule has 0 amide bonds. The van der Waals surface area contributed by atoms with Crippen molar-refractivity contribution in [1.82, 2.24) is 0 Å². The SMILES string of the molecule is C/C=C/C1CCC(=CC2=C(F)C(F)C(O)C=C2)CC1. The van der Waals surface area contributed by atoms with Crippen LogP contribution in [-0.4, -0.2) is 17.4 Å². The fourth-order valence-corrected chi connectivity index (χ4v) is 2.65. The van der Waals surface area contributed by atoms with Crippen molar-refractivity contribution >= 4 is 0 Å². The first kappa shape index (κ1) is 14.2. The maximum Gasteiger partial charge on any atom is 0.181 e. The molecule has 1 nitrogen and oxygen atoms in total. The summed E-state index contributed by atoms with van der Waals surface area (Å²) in [5.74, 6) is -0.239. The van der Waals surface area contributed by atoms with E-state index in [0.29, 0.717) is 5.92 Å². The minimum Gasteiger partial charge on any atom is -0.386 e. The minimum atomic E-state index is -1.92. The van der Waals surface area contributed by atoms with Gasteiger partial charge in [-0.3, -0.25) is 0 Å². The van der Waals surface area contributed by atoms with Gasteiger partial charge in [-0.2, -0.15) is 0 Å². The van der Waals surface area contributed by atoms with Gasteiger partial charge >= 0.3 is 0 Å². The van der Waals surface area contributed by atoms with Crippen molar-refractivity contribution in [3.05, 3.63) is 47.4 Å². The van der Waals surface area contributed by atoms with Crippen molar-refractivity contribution in [3.8, 4) is 0 Å². The molecule has 0 aromatic rings. The van der Waals surface area contributed by atoms with Gasteiger partial charge in [-0.05, 0) is 38.5 Å². The third-order valence-corrected chi connectivity index (χ3v) is 3.79. The number of hydrogen-bond acceptors (Lipinski definition) is 1. The van der Waals surface area contributed by atoms with Gasteiger partial charge in [0.15, 0.2) is 6.17 Å². The summed E-state index contributed by atoms with van der Waals surface area (Å²) in [4.78, 5) is 0. The van der Waals surface area contributed by atoms with Crippen LogP contribution in [0.1, 0.15) is 32.6 Å². The van der Waals surface area contributed by atoms with Crippen molar-refractivity contribution in [2.24, 2.45) is 5.92 Å². The van der Waals surface area contributed by atoms with Crippen molar-refractivity contribution < 1.29 is 13.9 Å². The van der Waals surface area contributed by atoms with E-state index in [0.717, 1.165) is 25.7 Å². The molecule has 19 heavy (non-hydrogen) atoms. The highest BCUT2D eigenvalue weighted by molar-refractivity contribution is 5.41. The second-order valence-corrected chi connectivity index (χ2v) is 5.22. The average Bonchev–Trinajstić information content (AvgIpc) is 2.42. The summed E-state index contributed by atoms with van der Waals surface area (Å²) in [6, 6.07) is 0. The molecule has 0 aromatic carbocycles. The summed E-state index contributed by atoms with van der Waals surface area (Å²) < 4.78 is 27.0. The van der Waals surface area contributed by atoms with Crippen molar-refractivity contribution in [3.63, 3.8) is 0 Å². The second-order valence-electron chi connectivity index (χ2n) is 5.22. The van der Waals surface area contributed by atoms with Crippen LogP contribution in [0.5, 0.6) is 0 Å². The first-order chi connectivity index (χ1) is 9.11. The number of alkyl halides is 1. The summed E-state index contributed by atoms with van der Waals surface area (Å²) >= 11 is 0. The van der Waals surface area contributed by atoms with Crippen LogP contribution < -0.4 is 0 Å². The molecular formula is C16H20F2O. The van der Waals surface area contributed by atoms with Gasteiger partial charge in [-0.1, -0.05) is 36.0 Å². The molecule has 2 rings (SSSR count). The third-order valence-electron chi connectivity index (χ3n) is 3.79. The third kappa shape index (κ3) is 3.41. The van der Waals surface area contributed by atoms with Crippen LogP contribution in [0.2, 0.25) is 0 Å². The predicted octanol–water partition coefficient (Wildman–Crippen LogP) is 4.17. The zero-order valence-corrected chi connectivity index (χ0v) is 11.2. The molecule has 2 aliphatic rings. The molecule has 0 aliphatic heterocycles. The predicted molar refractivity (Wildman–Crippen MR) is 73.0 cm³/mol. The molecule has 2 aliphatic carbocycles. The Morgan fingerprint density at radius 2 is 2.00 bits per heavy atom. The molecule has 0 spiro atoms. The minimum absolute atomic E-state index is 0.275. The van der Waals surface area contributed by atoms with E-state index in [1.165, 1.54) is 17.7 Å². The normalized spacial score (nSPS) is 32.2. The van der Waals surface area contributed by atoms with Gasteiger partial charge in [0.25, 0.3) is 0 Å². The van der Waals surface area contributed by atoms with Gasteiger partial charge in [-0.15, -0.1) is 0 Å². The lowest BCUT2D eigenvalue weighted by molar-refractivity contribution is 0.119. The summed E-state index contributed by atoms with van der Waals surface area (Å²) in [6.07, 6.45) is 9.53. The van der Waals surface area contributed by atoms with Crippen LogP contribution in [-0.2, 0) is 0 Å². The lowest BCUT2D eigenvalue weighted by Crippen LogP contribution is -2.23. The van der Waals surface area contributed by atoms with Crippen LogP contribution in [0.15, 0.2) is 47.4 Å². The monoisotopic (exact) mass is 266 g/mol.